The van der Waals surface area contributed by atoms with Crippen molar-refractivity contribution in [1.82, 2.24) is 15.5 Å². The van der Waals surface area contributed by atoms with Crippen molar-refractivity contribution in [1.29, 1.82) is 0 Å². The minimum atomic E-state index is -0.123. The van der Waals surface area contributed by atoms with Gasteiger partial charge in [-0.3, -0.25) is 4.79 Å². The Bertz CT molecular complexity index is 367. The Morgan fingerprint density at radius 3 is 2.63 bits per heavy atom. The molecule has 0 heterocycles. The van der Waals surface area contributed by atoms with Gasteiger partial charge in [-0.1, -0.05) is 30.3 Å². The second kappa shape index (κ2) is 8.67. The Morgan fingerprint density at radius 2 is 2.00 bits per heavy atom. The molecule has 0 aliphatic heterocycles. The molecule has 0 saturated heterocycles. The van der Waals surface area contributed by atoms with E-state index < -0.39 is 0 Å². The van der Waals surface area contributed by atoms with Gasteiger partial charge in [0, 0.05) is 13.1 Å². The van der Waals surface area contributed by atoms with Gasteiger partial charge >= 0.3 is 0 Å². The number of likely N-dealkylation sites (N-methyl/N-ethyl adjacent to an activating group) is 1. The number of carbonyl (C=O) groups excluding carboxylic acids is 1. The van der Waals surface area contributed by atoms with Gasteiger partial charge in [0.15, 0.2) is 0 Å². The molecular formula is C15H25N3O. The zero-order chi connectivity index (χ0) is 14.1. The Morgan fingerprint density at radius 1 is 1.32 bits per heavy atom. The quantitative estimate of drug-likeness (QED) is 0.694. The van der Waals surface area contributed by atoms with Gasteiger partial charge in [-0.2, -0.15) is 0 Å². The third-order valence-electron chi connectivity index (χ3n) is 3.14. The first kappa shape index (κ1) is 15.7. The SMILES string of the molecule is CNC(C)C(=O)NCCCN(C)Cc1ccccc1. The van der Waals surface area contributed by atoms with E-state index in [2.05, 4.69) is 46.8 Å². The lowest BCUT2D eigenvalue weighted by Crippen LogP contribution is -2.41. The van der Waals surface area contributed by atoms with Gasteiger partial charge in [-0.15, -0.1) is 0 Å². The molecule has 0 aromatic heterocycles. The molecule has 4 nitrogen and oxygen atoms in total. The molecule has 0 spiro atoms. The fourth-order valence-corrected chi connectivity index (χ4v) is 1.82. The van der Waals surface area contributed by atoms with Gasteiger partial charge in [-0.05, 0) is 39.5 Å². The number of nitrogens with one attached hydrogen (secondary N) is 2. The molecule has 0 fully saturated rings. The van der Waals surface area contributed by atoms with Crippen molar-refractivity contribution in [3.8, 4) is 0 Å². The number of rotatable bonds is 8. The number of nitrogens with zero attached hydrogens (tertiary/aromatic N) is 1. The highest BCUT2D eigenvalue weighted by Gasteiger charge is 2.08. The maximum absolute atomic E-state index is 11.5. The predicted molar refractivity (Wildman–Crippen MR) is 78.9 cm³/mol. The molecule has 0 aliphatic carbocycles. The summed E-state index contributed by atoms with van der Waals surface area (Å²) in [6.45, 7) is 4.51. The van der Waals surface area contributed by atoms with Crippen molar-refractivity contribution in [2.75, 3.05) is 27.2 Å². The van der Waals surface area contributed by atoms with Gasteiger partial charge in [-0.25, -0.2) is 0 Å². The topological polar surface area (TPSA) is 44.4 Å². The molecule has 1 rings (SSSR count). The molecule has 0 bridgehead atoms. The molecule has 1 aromatic rings. The van der Waals surface area contributed by atoms with Crippen LogP contribution in [0.15, 0.2) is 30.3 Å². The third kappa shape index (κ3) is 6.36. The van der Waals surface area contributed by atoms with E-state index in [1.807, 2.05) is 13.0 Å². The highest BCUT2D eigenvalue weighted by molar-refractivity contribution is 5.81. The van der Waals surface area contributed by atoms with Crippen LogP contribution < -0.4 is 10.6 Å². The Hall–Kier alpha value is -1.39. The van der Waals surface area contributed by atoms with E-state index in [0.29, 0.717) is 0 Å². The third-order valence-corrected chi connectivity index (χ3v) is 3.14. The standard InChI is InChI=1S/C15H25N3O/c1-13(16-2)15(19)17-10-7-11-18(3)12-14-8-5-4-6-9-14/h4-6,8-9,13,16H,7,10-12H2,1-3H3,(H,17,19). The normalized spacial score (nSPS) is 12.4. The summed E-state index contributed by atoms with van der Waals surface area (Å²) in [5.74, 6) is 0.0632. The van der Waals surface area contributed by atoms with Crippen molar-refractivity contribution in [3.63, 3.8) is 0 Å². The maximum atomic E-state index is 11.5. The lowest BCUT2D eigenvalue weighted by atomic mass is 10.2. The van der Waals surface area contributed by atoms with E-state index in [1.54, 1.807) is 7.05 Å². The molecule has 2 N–H and O–H groups in total. The van der Waals surface area contributed by atoms with Crippen LogP contribution in [0.2, 0.25) is 0 Å². The minimum Gasteiger partial charge on any atom is -0.355 e. The van der Waals surface area contributed by atoms with Gasteiger partial charge in [0.05, 0.1) is 6.04 Å². The lowest BCUT2D eigenvalue weighted by molar-refractivity contribution is -0.122. The van der Waals surface area contributed by atoms with Gasteiger partial charge in [0.25, 0.3) is 0 Å². The Kier molecular flexibility index (Phi) is 7.15. The number of benzene rings is 1. The van der Waals surface area contributed by atoms with Crippen LogP contribution in [0.4, 0.5) is 0 Å². The molecule has 1 amide bonds. The van der Waals surface area contributed by atoms with Gasteiger partial charge in [0.1, 0.15) is 0 Å². The van der Waals surface area contributed by atoms with E-state index in [4.69, 9.17) is 0 Å². The van der Waals surface area contributed by atoms with Crippen LogP contribution in [0.3, 0.4) is 0 Å². The smallest absolute Gasteiger partial charge is 0.236 e. The van der Waals surface area contributed by atoms with E-state index in [0.717, 1.165) is 26.1 Å². The second-order valence-electron chi connectivity index (χ2n) is 4.88. The molecule has 0 radical (unpaired) electrons. The molecule has 19 heavy (non-hydrogen) atoms. The molecular weight excluding hydrogens is 238 g/mol. The summed E-state index contributed by atoms with van der Waals surface area (Å²) in [7, 11) is 3.89. The summed E-state index contributed by atoms with van der Waals surface area (Å²) in [6, 6.07) is 10.3. The zero-order valence-corrected chi connectivity index (χ0v) is 12.1. The largest absolute Gasteiger partial charge is 0.355 e. The molecule has 4 heteroatoms. The van der Waals surface area contributed by atoms with Crippen molar-refractivity contribution in [2.45, 2.75) is 25.9 Å². The maximum Gasteiger partial charge on any atom is 0.236 e. The highest BCUT2D eigenvalue weighted by atomic mass is 16.2. The van der Waals surface area contributed by atoms with Crippen molar-refractivity contribution >= 4 is 5.91 Å². The second-order valence-corrected chi connectivity index (χ2v) is 4.88. The van der Waals surface area contributed by atoms with E-state index in [-0.39, 0.29) is 11.9 Å². The van der Waals surface area contributed by atoms with Crippen molar-refractivity contribution in [3.05, 3.63) is 35.9 Å². The summed E-state index contributed by atoms with van der Waals surface area (Å²) >= 11 is 0. The summed E-state index contributed by atoms with van der Waals surface area (Å²) in [5.41, 5.74) is 1.32. The first-order chi connectivity index (χ1) is 9.13. The Balaban J connectivity index is 2.14. The van der Waals surface area contributed by atoms with Crippen LogP contribution >= 0.6 is 0 Å². The number of hydrogen-bond acceptors (Lipinski definition) is 3. The average molecular weight is 263 g/mol. The van der Waals surface area contributed by atoms with Crippen LogP contribution in [-0.4, -0.2) is 44.0 Å². The molecule has 106 valence electrons. The van der Waals surface area contributed by atoms with E-state index >= 15 is 0 Å². The number of carbonyl (C=O) groups is 1. The monoisotopic (exact) mass is 263 g/mol. The zero-order valence-electron chi connectivity index (χ0n) is 12.1. The predicted octanol–water partition coefficient (Wildman–Crippen LogP) is 1.23. The molecule has 1 unspecified atom stereocenters. The van der Waals surface area contributed by atoms with Crippen LogP contribution in [0.1, 0.15) is 18.9 Å². The Labute approximate surface area is 116 Å². The van der Waals surface area contributed by atoms with Crippen molar-refractivity contribution < 1.29 is 4.79 Å². The van der Waals surface area contributed by atoms with Crippen LogP contribution in [0, 0.1) is 0 Å². The summed E-state index contributed by atoms with van der Waals surface area (Å²) in [4.78, 5) is 13.8. The van der Waals surface area contributed by atoms with E-state index in [9.17, 15) is 4.79 Å². The molecule has 1 atom stereocenters. The van der Waals surface area contributed by atoms with E-state index in [1.165, 1.54) is 5.56 Å². The van der Waals surface area contributed by atoms with Crippen LogP contribution in [0.5, 0.6) is 0 Å². The molecule has 0 aliphatic rings. The number of hydrogen-bond donors (Lipinski definition) is 2. The fourth-order valence-electron chi connectivity index (χ4n) is 1.82. The fraction of sp³-hybridized carbons (Fsp3) is 0.533. The highest BCUT2D eigenvalue weighted by Crippen LogP contribution is 2.02. The number of amides is 1. The molecule has 0 saturated carbocycles. The van der Waals surface area contributed by atoms with Gasteiger partial charge < -0.3 is 15.5 Å². The lowest BCUT2D eigenvalue weighted by Gasteiger charge is -2.17. The first-order valence-corrected chi connectivity index (χ1v) is 6.81. The average Bonchev–Trinajstić information content (AvgIpc) is 2.43. The summed E-state index contributed by atoms with van der Waals surface area (Å²) < 4.78 is 0. The first-order valence-electron chi connectivity index (χ1n) is 6.81. The minimum absolute atomic E-state index is 0.0632. The van der Waals surface area contributed by atoms with Crippen LogP contribution in [0.25, 0.3) is 0 Å². The summed E-state index contributed by atoms with van der Waals surface area (Å²) in [6.07, 6.45) is 0.964. The summed E-state index contributed by atoms with van der Waals surface area (Å²) in [5, 5.41) is 5.85. The van der Waals surface area contributed by atoms with Crippen LogP contribution in [-0.2, 0) is 11.3 Å². The van der Waals surface area contributed by atoms with Crippen molar-refractivity contribution in [2.24, 2.45) is 0 Å². The van der Waals surface area contributed by atoms with Gasteiger partial charge in [0.2, 0.25) is 5.91 Å². The molecule has 1 aromatic carbocycles.